The SMILES string of the molecule is CCCCCCCC(=O)NC(=O)CC. The second kappa shape index (κ2) is 8.73. The molecule has 0 saturated heterocycles. The van der Waals surface area contributed by atoms with Crippen LogP contribution in [0, 0.1) is 0 Å². The molecule has 14 heavy (non-hydrogen) atoms. The van der Waals surface area contributed by atoms with Gasteiger partial charge < -0.3 is 0 Å². The van der Waals surface area contributed by atoms with E-state index in [-0.39, 0.29) is 11.8 Å². The van der Waals surface area contributed by atoms with Crippen molar-refractivity contribution in [1.29, 1.82) is 0 Å². The molecule has 0 rings (SSSR count). The summed E-state index contributed by atoms with van der Waals surface area (Å²) in [5.74, 6) is -0.308. The topological polar surface area (TPSA) is 46.2 Å². The number of carbonyl (C=O) groups is 2. The number of hydrogen-bond acceptors (Lipinski definition) is 2. The Balaban J connectivity index is 3.31. The van der Waals surface area contributed by atoms with Gasteiger partial charge in [-0.1, -0.05) is 39.5 Å². The molecular formula is C11H21NO2. The number of carbonyl (C=O) groups excluding carboxylic acids is 2. The zero-order valence-electron chi connectivity index (χ0n) is 9.27. The number of rotatable bonds is 7. The van der Waals surface area contributed by atoms with Crippen molar-refractivity contribution in [2.75, 3.05) is 0 Å². The van der Waals surface area contributed by atoms with Gasteiger partial charge in [-0.2, -0.15) is 0 Å². The zero-order valence-corrected chi connectivity index (χ0v) is 9.27. The van der Waals surface area contributed by atoms with E-state index in [1.807, 2.05) is 0 Å². The van der Waals surface area contributed by atoms with Gasteiger partial charge in [0.1, 0.15) is 0 Å². The standard InChI is InChI=1S/C11H21NO2/c1-3-5-6-7-8-9-11(14)12-10(13)4-2/h3-9H2,1-2H3,(H,12,13,14). The van der Waals surface area contributed by atoms with Crippen LogP contribution in [0.2, 0.25) is 0 Å². The molecular weight excluding hydrogens is 178 g/mol. The number of amides is 2. The first-order valence-corrected chi connectivity index (χ1v) is 5.53. The lowest BCUT2D eigenvalue weighted by Gasteiger charge is -2.01. The lowest BCUT2D eigenvalue weighted by Crippen LogP contribution is -2.29. The van der Waals surface area contributed by atoms with Crippen LogP contribution in [-0.4, -0.2) is 11.8 Å². The van der Waals surface area contributed by atoms with Gasteiger partial charge in [0, 0.05) is 12.8 Å². The number of hydrogen-bond donors (Lipinski definition) is 1. The Morgan fingerprint density at radius 3 is 2.14 bits per heavy atom. The van der Waals surface area contributed by atoms with E-state index in [4.69, 9.17) is 0 Å². The first-order valence-electron chi connectivity index (χ1n) is 5.53. The quantitative estimate of drug-likeness (QED) is 0.640. The summed E-state index contributed by atoms with van der Waals surface area (Å²) in [5.41, 5.74) is 0. The van der Waals surface area contributed by atoms with Crippen molar-refractivity contribution in [2.45, 2.75) is 58.8 Å². The van der Waals surface area contributed by atoms with Crippen LogP contribution in [-0.2, 0) is 9.59 Å². The highest BCUT2D eigenvalue weighted by Gasteiger charge is 2.04. The average molecular weight is 199 g/mol. The average Bonchev–Trinajstić information content (AvgIpc) is 2.17. The van der Waals surface area contributed by atoms with Gasteiger partial charge >= 0.3 is 0 Å². The Morgan fingerprint density at radius 2 is 1.57 bits per heavy atom. The van der Waals surface area contributed by atoms with E-state index in [0.29, 0.717) is 12.8 Å². The second-order valence-corrected chi connectivity index (χ2v) is 3.49. The van der Waals surface area contributed by atoms with Gasteiger partial charge in [0.05, 0.1) is 0 Å². The van der Waals surface area contributed by atoms with Crippen LogP contribution in [0.3, 0.4) is 0 Å². The molecule has 0 aliphatic rings. The largest absolute Gasteiger partial charge is 0.296 e. The molecule has 3 heteroatoms. The zero-order chi connectivity index (χ0) is 10.8. The molecule has 0 unspecified atom stereocenters. The van der Waals surface area contributed by atoms with Gasteiger partial charge in [-0.05, 0) is 6.42 Å². The smallest absolute Gasteiger partial charge is 0.226 e. The Hall–Kier alpha value is -0.860. The van der Waals surface area contributed by atoms with Gasteiger partial charge in [-0.3, -0.25) is 14.9 Å². The third kappa shape index (κ3) is 7.77. The molecule has 3 nitrogen and oxygen atoms in total. The first-order chi connectivity index (χ1) is 6.70. The van der Waals surface area contributed by atoms with Gasteiger partial charge in [-0.25, -0.2) is 0 Å². The van der Waals surface area contributed by atoms with Crippen molar-refractivity contribution >= 4 is 11.8 Å². The number of nitrogens with one attached hydrogen (secondary N) is 1. The van der Waals surface area contributed by atoms with E-state index in [1.165, 1.54) is 19.3 Å². The Kier molecular flexibility index (Phi) is 8.19. The summed E-state index contributed by atoms with van der Waals surface area (Å²) in [6.07, 6.45) is 6.46. The third-order valence-electron chi connectivity index (χ3n) is 2.11. The Labute approximate surface area is 86.3 Å². The van der Waals surface area contributed by atoms with Crippen molar-refractivity contribution in [2.24, 2.45) is 0 Å². The van der Waals surface area contributed by atoms with Gasteiger partial charge in [0.25, 0.3) is 0 Å². The molecule has 0 saturated carbocycles. The second-order valence-electron chi connectivity index (χ2n) is 3.49. The monoisotopic (exact) mass is 199 g/mol. The van der Waals surface area contributed by atoms with Crippen LogP contribution >= 0.6 is 0 Å². The molecule has 0 spiro atoms. The highest BCUT2D eigenvalue weighted by Crippen LogP contribution is 2.04. The molecule has 0 atom stereocenters. The molecule has 0 fully saturated rings. The van der Waals surface area contributed by atoms with Gasteiger partial charge in [-0.15, -0.1) is 0 Å². The molecule has 82 valence electrons. The summed E-state index contributed by atoms with van der Waals surface area (Å²) < 4.78 is 0. The molecule has 1 N–H and O–H groups in total. The molecule has 0 aliphatic carbocycles. The van der Waals surface area contributed by atoms with Crippen LogP contribution < -0.4 is 5.32 Å². The van der Waals surface area contributed by atoms with Crippen molar-refractivity contribution in [3.63, 3.8) is 0 Å². The van der Waals surface area contributed by atoms with Crippen LogP contribution in [0.1, 0.15) is 58.8 Å². The van der Waals surface area contributed by atoms with Crippen LogP contribution in [0.25, 0.3) is 0 Å². The number of imide groups is 1. The highest BCUT2D eigenvalue weighted by atomic mass is 16.2. The molecule has 2 amide bonds. The fourth-order valence-electron chi connectivity index (χ4n) is 1.20. The minimum absolute atomic E-state index is 0.131. The van der Waals surface area contributed by atoms with Crippen LogP contribution in [0.4, 0.5) is 0 Å². The molecule has 0 bridgehead atoms. The fourth-order valence-corrected chi connectivity index (χ4v) is 1.20. The van der Waals surface area contributed by atoms with E-state index in [2.05, 4.69) is 12.2 Å². The minimum atomic E-state index is -0.177. The number of unbranched alkanes of at least 4 members (excludes halogenated alkanes) is 4. The predicted octanol–water partition coefficient (Wildman–Crippen LogP) is 2.40. The summed E-state index contributed by atoms with van der Waals surface area (Å²) >= 11 is 0. The fraction of sp³-hybridized carbons (Fsp3) is 0.818. The van der Waals surface area contributed by atoms with Crippen molar-refractivity contribution in [3.05, 3.63) is 0 Å². The Bertz CT molecular complexity index is 178. The maximum absolute atomic E-state index is 11.1. The lowest BCUT2D eigenvalue weighted by molar-refractivity contribution is -0.130. The molecule has 0 aromatic heterocycles. The van der Waals surface area contributed by atoms with E-state index in [9.17, 15) is 9.59 Å². The van der Waals surface area contributed by atoms with E-state index < -0.39 is 0 Å². The van der Waals surface area contributed by atoms with Crippen molar-refractivity contribution in [3.8, 4) is 0 Å². The van der Waals surface area contributed by atoms with Crippen molar-refractivity contribution in [1.82, 2.24) is 5.32 Å². The van der Waals surface area contributed by atoms with Gasteiger partial charge in [0.15, 0.2) is 0 Å². The summed E-state index contributed by atoms with van der Waals surface area (Å²) in [6.45, 7) is 3.90. The predicted molar refractivity (Wildman–Crippen MR) is 56.8 cm³/mol. The normalized spacial score (nSPS) is 9.86. The van der Waals surface area contributed by atoms with E-state index >= 15 is 0 Å². The maximum Gasteiger partial charge on any atom is 0.226 e. The minimum Gasteiger partial charge on any atom is -0.296 e. The van der Waals surface area contributed by atoms with Crippen molar-refractivity contribution < 1.29 is 9.59 Å². The van der Waals surface area contributed by atoms with Crippen LogP contribution in [0.5, 0.6) is 0 Å². The summed E-state index contributed by atoms with van der Waals surface area (Å²) in [6, 6.07) is 0. The molecule has 0 radical (unpaired) electrons. The van der Waals surface area contributed by atoms with E-state index in [0.717, 1.165) is 12.8 Å². The molecule has 0 aliphatic heterocycles. The van der Waals surface area contributed by atoms with Gasteiger partial charge in [0.2, 0.25) is 11.8 Å². The Morgan fingerprint density at radius 1 is 0.929 bits per heavy atom. The third-order valence-corrected chi connectivity index (χ3v) is 2.11. The first kappa shape index (κ1) is 13.1. The highest BCUT2D eigenvalue weighted by molar-refractivity contribution is 5.94. The van der Waals surface area contributed by atoms with E-state index in [1.54, 1.807) is 6.92 Å². The lowest BCUT2D eigenvalue weighted by atomic mass is 10.1. The summed E-state index contributed by atoms with van der Waals surface area (Å²) in [4.78, 5) is 21.9. The summed E-state index contributed by atoms with van der Waals surface area (Å²) in [7, 11) is 0. The molecule has 0 heterocycles. The van der Waals surface area contributed by atoms with Crippen LogP contribution in [0.15, 0.2) is 0 Å². The maximum atomic E-state index is 11.1. The molecule has 0 aromatic carbocycles. The summed E-state index contributed by atoms with van der Waals surface area (Å²) in [5, 5.41) is 2.34. The molecule has 0 aromatic rings.